The van der Waals surface area contributed by atoms with Crippen molar-refractivity contribution in [1.29, 1.82) is 0 Å². The van der Waals surface area contributed by atoms with E-state index in [-0.39, 0.29) is 37.5 Å². The predicted molar refractivity (Wildman–Crippen MR) is 90.6 cm³/mol. The van der Waals surface area contributed by atoms with Crippen LogP contribution in [0.2, 0.25) is 0 Å². The number of nitrogens with one attached hydrogen (secondary N) is 1. The molecule has 1 fully saturated rings. The first-order chi connectivity index (χ1) is 13.3. The van der Waals surface area contributed by atoms with Crippen LogP contribution in [0.1, 0.15) is 29.0 Å². The number of nitrogens with zero attached hydrogens (tertiary/aromatic N) is 3. The number of carbonyl (C=O) groups is 2. The van der Waals surface area contributed by atoms with Crippen molar-refractivity contribution in [1.82, 2.24) is 20.3 Å². The Balaban J connectivity index is 1.80. The zero-order valence-corrected chi connectivity index (χ0v) is 14.9. The van der Waals surface area contributed by atoms with Crippen LogP contribution in [0.5, 0.6) is 5.75 Å². The van der Waals surface area contributed by atoms with Crippen molar-refractivity contribution in [2.75, 3.05) is 13.2 Å². The van der Waals surface area contributed by atoms with Gasteiger partial charge in [-0.25, -0.2) is 9.48 Å². The number of hydrogen-bond acceptors (Lipinski definition) is 6. The van der Waals surface area contributed by atoms with Gasteiger partial charge in [-0.2, -0.15) is 8.78 Å². The molecule has 1 aromatic carbocycles. The molecule has 1 aliphatic rings. The molecule has 0 saturated carbocycles. The molecule has 2 aromatic rings. The second kappa shape index (κ2) is 7.89. The van der Waals surface area contributed by atoms with Gasteiger partial charge in [0, 0.05) is 26.1 Å². The minimum Gasteiger partial charge on any atom is -0.480 e. The van der Waals surface area contributed by atoms with Crippen molar-refractivity contribution in [2.24, 2.45) is 0 Å². The van der Waals surface area contributed by atoms with Gasteiger partial charge in [-0.1, -0.05) is 5.21 Å². The number of aliphatic carboxylic acids is 1. The standard InChI is InChI=1S/C17H18F2N4O5/c1-10-13(14(24)20-17(15(25)26)6-8-27-9-7-17)21-22-23(10)11-2-4-12(5-3-11)28-16(18)19/h2-5,16H,6-9H2,1H3,(H,20,24)(H,25,26). The molecule has 0 aliphatic carbocycles. The normalized spacial score (nSPS) is 16.0. The van der Waals surface area contributed by atoms with E-state index in [2.05, 4.69) is 20.4 Å². The van der Waals surface area contributed by atoms with Crippen LogP contribution >= 0.6 is 0 Å². The van der Waals surface area contributed by atoms with Crippen molar-refractivity contribution < 1.29 is 33.0 Å². The van der Waals surface area contributed by atoms with Crippen LogP contribution in [0, 0.1) is 6.92 Å². The van der Waals surface area contributed by atoms with Gasteiger partial charge in [-0.05, 0) is 31.2 Å². The second-order valence-electron chi connectivity index (χ2n) is 6.26. The van der Waals surface area contributed by atoms with Crippen molar-refractivity contribution in [3.8, 4) is 11.4 Å². The molecule has 0 radical (unpaired) electrons. The average molecular weight is 396 g/mol. The highest BCUT2D eigenvalue weighted by atomic mass is 19.3. The molecule has 1 aromatic heterocycles. The number of aromatic nitrogens is 3. The Morgan fingerprint density at radius 1 is 1.29 bits per heavy atom. The Labute approximate surface area is 158 Å². The largest absolute Gasteiger partial charge is 0.480 e. The fourth-order valence-corrected chi connectivity index (χ4v) is 2.94. The third-order valence-electron chi connectivity index (χ3n) is 4.52. The van der Waals surface area contributed by atoms with Crippen LogP contribution in [-0.4, -0.2) is 57.3 Å². The Kier molecular flexibility index (Phi) is 5.54. The lowest BCUT2D eigenvalue weighted by molar-refractivity contribution is -0.148. The Morgan fingerprint density at radius 3 is 2.50 bits per heavy atom. The SMILES string of the molecule is Cc1c(C(=O)NC2(C(=O)O)CCOCC2)nnn1-c1ccc(OC(F)F)cc1. The van der Waals surface area contributed by atoms with E-state index in [1.54, 1.807) is 6.92 Å². The zero-order valence-electron chi connectivity index (χ0n) is 14.9. The summed E-state index contributed by atoms with van der Waals surface area (Å²) in [5.41, 5.74) is -0.600. The van der Waals surface area contributed by atoms with Gasteiger partial charge >= 0.3 is 12.6 Å². The Hall–Kier alpha value is -3.08. The monoisotopic (exact) mass is 396 g/mol. The highest BCUT2D eigenvalue weighted by Crippen LogP contribution is 2.23. The molecule has 11 heteroatoms. The van der Waals surface area contributed by atoms with Gasteiger partial charge < -0.3 is 19.9 Å². The molecule has 0 spiro atoms. The number of hydrogen-bond donors (Lipinski definition) is 2. The second-order valence-corrected chi connectivity index (χ2v) is 6.26. The fourth-order valence-electron chi connectivity index (χ4n) is 2.94. The number of carboxylic acid groups (broad SMARTS) is 1. The van der Waals surface area contributed by atoms with E-state index in [1.165, 1.54) is 28.9 Å². The molecule has 150 valence electrons. The lowest BCUT2D eigenvalue weighted by atomic mass is 9.90. The molecule has 1 amide bonds. The number of amides is 1. The summed E-state index contributed by atoms with van der Waals surface area (Å²) in [5.74, 6) is -1.81. The van der Waals surface area contributed by atoms with Gasteiger partial charge in [0.15, 0.2) is 5.69 Å². The van der Waals surface area contributed by atoms with Crippen molar-refractivity contribution >= 4 is 11.9 Å². The summed E-state index contributed by atoms with van der Waals surface area (Å²) >= 11 is 0. The lowest BCUT2D eigenvalue weighted by Crippen LogP contribution is -2.57. The van der Waals surface area contributed by atoms with Crippen LogP contribution in [0.4, 0.5) is 8.78 Å². The summed E-state index contributed by atoms with van der Waals surface area (Å²) in [7, 11) is 0. The third kappa shape index (κ3) is 3.93. The molecule has 0 unspecified atom stereocenters. The smallest absolute Gasteiger partial charge is 0.387 e. The number of alkyl halides is 2. The van der Waals surface area contributed by atoms with E-state index in [1.807, 2.05) is 0 Å². The first-order valence-corrected chi connectivity index (χ1v) is 8.43. The number of rotatable bonds is 6. The van der Waals surface area contributed by atoms with E-state index in [0.717, 1.165) is 0 Å². The maximum atomic E-state index is 12.6. The van der Waals surface area contributed by atoms with Crippen LogP contribution in [0.15, 0.2) is 24.3 Å². The van der Waals surface area contributed by atoms with E-state index < -0.39 is 24.0 Å². The summed E-state index contributed by atoms with van der Waals surface area (Å²) in [6.45, 7) is -0.882. The van der Waals surface area contributed by atoms with E-state index >= 15 is 0 Å². The Morgan fingerprint density at radius 2 is 1.93 bits per heavy atom. The van der Waals surface area contributed by atoms with E-state index in [4.69, 9.17) is 4.74 Å². The first kappa shape index (κ1) is 19.7. The zero-order chi connectivity index (χ0) is 20.3. The molecule has 1 saturated heterocycles. The molecule has 3 rings (SSSR count). The molecule has 28 heavy (non-hydrogen) atoms. The first-order valence-electron chi connectivity index (χ1n) is 8.43. The number of carboxylic acids is 1. The maximum absolute atomic E-state index is 12.6. The summed E-state index contributed by atoms with van der Waals surface area (Å²) in [6.07, 6.45) is 0.291. The summed E-state index contributed by atoms with van der Waals surface area (Å²) in [4.78, 5) is 24.3. The van der Waals surface area contributed by atoms with Crippen LogP contribution in [0.3, 0.4) is 0 Å². The summed E-state index contributed by atoms with van der Waals surface area (Å²) < 4.78 is 35.3. The van der Waals surface area contributed by atoms with Gasteiger partial charge in [0.2, 0.25) is 0 Å². The van der Waals surface area contributed by atoms with Gasteiger partial charge in [0.25, 0.3) is 5.91 Å². The predicted octanol–water partition coefficient (Wildman–Crippen LogP) is 1.54. The average Bonchev–Trinajstić information content (AvgIpc) is 3.04. The van der Waals surface area contributed by atoms with Gasteiger partial charge in [-0.15, -0.1) is 5.10 Å². The van der Waals surface area contributed by atoms with Crippen molar-refractivity contribution in [2.45, 2.75) is 31.9 Å². The fraction of sp³-hybridized carbons (Fsp3) is 0.412. The third-order valence-corrected chi connectivity index (χ3v) is 4.52. The van der Waals surface area contributed by atoms with E-state index in [9.17, 15) is 23.5 Å². The maximum Gasteiger partial charge on any atom is 0.387 e. The molecule has 0 atom stereocenters. The lowest BCUT2D eigenvalue weighted by Gasteiger charge is -2.33. The Bertz CT molecular complexity index is 863. The van der Waals surface area contributed by atoms with Crippen molar-refractivity contribution in [3.63, 3.8) is 0 Å². The topological polar surface area (TPSA) is 116 Å². The minimum atomic E-state index is -2.93. The van der Waals surface area contributed by atoms with Gasteiger partial charge in [-0.3, -0.25) is 4.79 Å². The number of benzene rings is 1. The molecule has 9 nitrogen and oxygen atoms in total. The molecule has 0 bridgehead atoms. The number of ether oxygens (including phenoxy) is 2. The summed E-state index contributed by atoms with van der Waals surface area (Å²) in [6, 6.07) is 5.64. The van der Waals surface area contributed by atoms with Crippen LogP contribution in [-0.2, 0) is 9.53 Å². The van der Waals surface area contributed by atoms with Gasteiger partial charge in [0.05, 0.1) is 11.4 Å². The molecular formula is C17H18F2N4O5. The highest BCUT2D eigenvalue weighted by molar-refractivity contribution is 5.97. The quantitative estimate of drug-likeness (QED) is 0.761. The molecular weight excluding hydrogens is 378 g/mol. The summed E-state index contributed by atoms with van der Waals surface area (Å²) in [5, 5.41) is 19.8. The van der Waals surface area contributed by atoms with Gasteiger partial charge in [0.1, 0.15) is 11.3 Å². The number of halogens is 2. The minimum absolute atomic E-state index is 0.0163. The van der Waals surface area contributed by atoms with E-state index in [0.29, 0.717) is 11.4 Å². The van der Waals surface area contributed by atoms with Crippen LogP contribution < -0.4 is 10.1 Å². The number of carbonyl (C=O) groups excluding carboxylic acids is 1. The highest BCUT2D eigenvalue weighted by Gasteiger charge is 2.42. The molecule has 2 N–H and O–H groups in total. The van der Waals surface area contributed by atoms with Crippen molar-refractivity contribution in [3.05, 3.63) is 35.7 Å². The molecule has 1 aliphatic heterocycles. The van der Waals surface area contributed by atoms with Crippen LogP contribution in [0.25, 0.3) is 5.69 Å². The molecule has 2 heterocycles.